The van der Waals surface area contributed by atoms with Gasteiger partial charge in [-0.3, -0.25) is 14.9 Å². The Hall–Kier alpha value is -2.47. The van der Waals surface area contributed by atoms with Crippen molar-refractivity contribution < 1.29 is 4.74 Å². The monoisotopic (exact) mass is 396 g/mol. The molecule has 6 heteroatoms. The summed E-state index contributed by atoms with van der Waals surface area (Å²) in [5, 5.41) is 3.50. The third-order valence-electron chi connectivity index (χ3n) is 4.91. The predicted molar refractivity (Wildman–Crippen MR) is 113 cm³/mol. The van der Waals surface area contributed by atoms with Crippen molar-refractivity contribution in [3.8, 4) is 11.5 Å². The van der Waals surface area contributed by atoms with Crippen LogP contribution >= 0.6 is 12.4 Å². The molecule has 0 spiro atoms. The fourth-order valence-electron chi connectivity index (χ4n) is 3.53. The highest BCUT2D eigenvalue weighted by Crippen LogP contribution is 2.28. The highest BCUT2D eigenvalue weighted by atomic mass is 35.5. The summed E-state index contributed by atoms with van der Waals surface area (Å²) in [5.74, 6) is 1.63. The van der Waals surface area contributed by atoms with Gasteiger partial charge in [0.25, 0.3) is 0 Å². The largest absolute Gasteiger partial charge is 0.455 e. The van der Waals surface area contributed by atoms with Crippen molar-refractivity contribution in [3.05, 3.63) is 83.9 Å². The molecular weight excluding hydrogens is 372 g/mol. The van der Waals surface area contributed by atoms with E-state index in [9.17, 15) is 0 Å². The number of nitrogens with zero attached hydrogens (tertiary/aromatic N) is 3. The lowest BCUT2D eigenvalue weighted by molar-refractivity contribution is 0.153. The SMILES string of the molecule is Cc1cc(CN2CCNCC2c2cccnc2)ccc1Oc1cccnc1.Cl. The molecule has 1 aliphatic heterocycles. The van der Waals surface area contributed by atoms with E-state index >= 15 is 0 Å². The van der Waals surface area contributed by atoms with Crippen LogP contribution < -0.4 is 10.1 Å². The molecule has 0 saturated carbocycles. The Kier molecular flexibility index (Phi) is 6.98. The van der Waals surface area contributed by atoms with Gasteiger partial charge in [0.2, 0.25) is 0 Å². The minimum Gasteiger partial charge on any atom is -0.455 e. The van der Waals surface area contributed by atoms with Gasteiger partial charge in [0, 0.05) is 50.8 Å². The molecule has 1 saturated heterocycles. The molecular formula is C22H25ClN4O. The van der Waals surface area contributed by atoms with Crippen LogP contribution in [-0.2, 0) is 6.54 Å². The lowest BCUT2D eigenvalue weighted by atomic mass is 10.0. The molecule has 146 valence electrons. The van der Waals surface area contributed by atoms with Gasteiger partial charge in [-0.25, -0.2) is 0 Å². The van der Waals surface area contributed by atoms with Crippen LogP contribution in [0.25, 0.3) is 0 Å². The summed E-state index contributed by atoms with van der Waals surface area (Å²) in [6.07, 6.45) is 7.27. The molecule has 4 rings (SSSR count). The second-order valence-electron chi connectivity index (χ2n) is 6.87. The molecule has 0 amide bonds. The molecule has 1 unspecified atom stereocenters. The molecule has 0 aliphatic carbocycles. The quantitative estimate of drug-likeness (QED) is 0.702. The van der Waals surface area contributed by atoms with Crippen LogP contribution in [0.5, 0.6) is 11.5 Å². The number of hydrogen-bond acceptors (Lipinski definition) is 5. The van der Waals surface area contributed by atoms with Gasteiger partial charge in [0.15, 0.2) is 0 Å². The van der Waals surface area contributed by atoms with Crippen LogP contribution in [0.3, 0.4) is 0 Å². The molecule has 3 heterocycles. The molecule has 2 aromatic heterocycles. The lowest BCUT2D eigenvalue weighted by Gasteiger charge is -2.36. The number of pyridine rings is 2. The maximum absolute atomic E-state index is 5.95. The first kappa shape index (κ1) is 20.3. The Balaban J connectivity index is 0.00000225. The summed E-state index contributed by atoms with van der Waals surface area (Å²) in [4.78, 5) is 10.9. The number of nitrogens with one attached hydrogen (secondary N) is 1. The Labute approximate surface area is 172 Å². The molecule has 28 heavy (non-hydrogen) atoms. The van der Waals surface area contributed by atoms with E-state index < -0.39 is 0 Å². The second-order valence-corrected chi connectivity index (χ2v) is 6.87. The minimum atomic E-state index is 0. The molecule has 1 atom stereocenters. The van der Waals surface area contributed by atoms with Gasteiger partial charge in [-0.05, 0) is 47.9 Å². The van der Waals surface area contributed by atoms with Crippen molar-refractivity contribution in [2.75, 3.05) is 19.6 Å². The smallest absolute Gasteiger partial charge is 0.145 e. The third-order valence-corrected chi connectivity index (χ3v) is 4.91. The highest BCUT2D eigenvalue weighted by Gasteiger charge is 2.24. The first-order valence-corrected chi connectivity index (χ1v) is 9.32. The first-order chi connectivity index (χ1) is 13.3. The molecule has 1 fully saturated rings. The van der Waals surface area contributed by atoms with Crippen molar-refractivity contribution in [2.45, 2.75) is 19.5 Å². The zero-order chi connectivity index (χ0) is 18.5. The number of aromatic nitrogens is 2. The van der Waals surface area contributed by atoms with Crippen molar-refractivity contribution in [1.82, 2.24) is 20.2 Å². The van der Waals surface area contributed by atoms with Crippen LogP contribution in [0, 0.1) is 6.92 Å². The van der Waals surface area contributed by atoms with Gasteiger partial charge in [-0.1, -0.05) is 18.2 Å². The topological polar surface area (TPSA) is 50.3 Å². The molecule has 0 radical (unpaired) electrons. The molecule has 5 nitrogen and oxygen atoms in total. The number of hydrogen-bond donors (Lipinski definition) is 1. The fourth-order valence-corrected chi connectivity index (χ4v) is 3.53. The van der Waals surface area contributed by atoms with Crippen molar-refractivity contribution in [1.29, 1.82) is 0 Å². The standard InChI is InChI=1S/C22H24N4O.ClH/c1-17-12-18(6-7-22(17)27-20-5-3-9-24-14-20)16-26-11-10-25-15-21(26)19-4-2-8-23-13-19;/h2-9,12-14,21,25H,10-11,15-16H2,1H3;1H. The van der Waals surface area contributed by atoms with Gasteiger partial charge in [-0.2, -0.15) is 0 Å². The number of aryl methyl sites for hydroxylation is 1. The maximum atomic E-state index is 5.95. The van der Waals surface area contributed by atoms with E-state index in [2.05, 4.69) is 51.4 Å². The zero-order valence-electron chi connectivity index (χ0n) is 15.9. The van der Waals surface area contributed by atoms with Crippen molar-refractivity contribution in [2.24, 2.45) is 0 Å². The zero-order valence-corrected chi connectivity index (χ0v) is 16.7. The summed E-state index contributed by atoms with van der Waals surface area (Å²) in [6.45, 7) is 5.98. The van der Waals surface area contributed by atoms with Crippen LogP contribution in [0.4, 0.5) is 0 Å². The minimum absolute atomic E-state index is 0. The van der Waals surface area contributed by atoms with Gasteiger partial charge in [0.05, 0.1) is 6.20 Å². The van der Waals surface area contributed by atoms with Gasteiger partial charge >= 0.3 is 0 Å². The summed E-state index contributed by atoms with van der Waals surface area (Å²) in [7, 11) is 0. The summed E-state index contributed by atoms with van der Waals surface area (Å²) in [6, 6.07) is 14.7. The highest BCUT2D eigenvalue weighted by molar-refractivity contribution is 5.85. The Morgan fingerprint density at radius 1 is 1.11 bits per heavy atom. The lowest BCUT2D eigenvalue weighted by Crippen LogP contribution is -2.45. The van der Waals surface area contributed by atoms with Crippen LogP contribution in [0.15, 0.2) is 67.3 Å². The number of halogens is 1. The molecule has 0 bridgehead atoms. The van der Waals surface area contributed by atoms with E-state index in [1.807, 2.05) is 30.6 Å². The normalized spacial score (nSPS) is 17.0. The average Bonchev–Trinajstić information content (AvgIpc) is 2.72. The van der Waals surface area contributed by atoms with E-state index in [0.29, 0.717) is 6.04 Å². The number of benzene rings is 1. The van der Waals surface area contributed by atoms with E-state index in [-0.39, 0.29) is 12.4 Å². The van der Waals surface area contributed by atoms with E-state index in [4.69, 9.17) is 4.74 Å². The Morgan fingerprint density at radius 2 is 1.93 bits per heavy atom. The Morgan fingerprint density at radius 3 is 2.64 bits per heavy atom. The third kappa shape index (κ3) is 4.87. The number of rotatable bonds is 5. The van der Waals surface area contributed by atoms with Gasteiger partial charge in [-0.15, -0.1) is 12.4 Å². The molecule has 1 N–H and O–H groups in total. The van der Waals surface area contributed by atoms with Gasteiger partial charge in [0.1, 0.15) is 11.5 Å². The summed E-state index contributed by atoms with van der Waals surface area (Å²) >= 11 is 0. The average molecular weight is 397 g/mol. The van der Waals surface area contributed by atoms with Crippen LogP contribution in [-0.4, -0.2) is 34.5 Å². The molecule has 1 aliphatic rings. The van der Waals surface area contributed by atoms with Crippen molar-refractivity contribution >= 4 is 12.4 Å². The fraction of sp³-hybridized carbons (Fsp3) is 0.273. The summed E-state index contributed by atoms with van der Waals surface area (Å²) < 4.78 is 5.95. The Bertz CT molecular complexity index is 876. The summed E-state index contributed by atoms with van der Waals surface area (Å²) in [5.41, 5.74) is 3.68. The maximum Gasteiger partial charge on any atom is 0.145 e. The molecule has 1 aromatic carbocycles. The van der Waals surface area contributed by atoms with Gasteiger partial charge < -0.3 is 10.1 Å². The number of ether oxygens (including phenoxy) is 1. The second kappa shape index (κ2) is 9.64. The van der Waals surface area contributed by atoms with E-state index in [1.165, 1.54) is 11.1 Å². The molecule has 3 aromatic rings. The number of piperazine rings is 1. The van der Waals surface area contributed by atoms with Crippen LogP contribution in [0.2, 0.25) is 0 Å². The van der Waals surface area contributed by atoms with E-state index in [1.54, 1.807) is 12.4 Å². The van der Waals surface area contributed by atoms with Crippen molar-refractivity contribution in [3.63, 3.8) is 0 Å². The van der Waals surface area contributed by atoms with E-state index in [0.717, 1.165) is 43.2 Å². The predicted octanol–water partition coefficient (Wildman–Crippen LogP) is 4.15. The van der Waals surface area contributed by atoms with Crippen LogP contribution in [0.1, 0.15) is 22.7 Å². The first-order valence-electron chi connectivity index (χ1n) is 9.32.